The van der Waals surface area contributed by atoms with Crippen molar-refractivity contribution in [1.82, 2.24) is 15.2 Å². The number of ether oxygens (including phenoxy) is 1. The molecule has 0 spiro atoms. The van der Waals surface area contributed by atoms with Gasteiger partial charge in [-0.05, 0) is 24.3 Å². The number of amides is 2. The van der Waals surface area contributed by atoms with Crippen molar-refractivity contribution in [3.05, 3.63) is 72.4 Å². The van der Waals surface area contributed by atoms with E-state index in [0.717, 1.165) is 23.1 Å². The lowest BCUT2D eigenvalue weighted by Gasteiger charge is -2.18. The number of likely N-dealkylation sites (tertiary alicyclic amines) is 1. The van der Waals surface area contributed by atoms with Gasteiger partial charge in [0.05, 0.1) is 13.1 Å². The summed E-state index contributed by atoms with van der Waals surface area (Å²) in [5.41, 5.74) is 1.37. The molecule has 2 aromatic carbocycles. The molecule has 1 aromatic heterocycles. The average molecular weight is 375 g/mol. The first-order valence-corrected chi connectivity index (χ1v) is 9.32. The minimum Gasteiger partial charge on any atom is -0.486 e. The monoisotopic (exact) mass is 375 g/mol. The fourth-order valence-corrected chi connectivity index (χ4v) is 3.36. The molecule has 0 bridgehead atoms. The Morgan fingerprint density at radius 2 is 1.89 bits per heavy atom. The fraction of sp³-hybridized carbons (Fsp3) is 0.227. The van der Waals surface area contributed by atoms with Gasteiger partial charge in [0.1, 0.15) is 17.4 Å². The Bertz CT molecular complexity index is 985. The summed E-state index contributed by atoms with van der Waals surface area (Å²) in [6.07, 6.45) is 2.41. The molecule has 1 aliphatic heterocycles. The van der Waals surface area contributed by atoms with Gasteiger partial charge in [-0.2, -0.15) is 0 Å². The van der Waals surface area contributed by atoms with E-state index in [4.69, 9.17) is 4.74 Å². The molecule has 0 saturated carbocycles. The number of carbonyl (C=O) groups excluding carboxylic acids is 2. The summed E-state index contributed by atoms with van der Waals surface area (Å²) in [5, 5.41) is 3.71. The van der Waals surface area contributed by atoms with Gasteiger partial charge in [0.15, 0.2) is 0 Å². The standard InChI is InChI=1S/C22H21N3O3/c26-20(14-24-22(27)17-6-2-1-3-7-17)25-13-11-18(15-25)28-19-10-4-8-16-9-5-12-23-21(16)19/h1-10,12,18H,11,13-15H2,(H,24,27). The van der Waals surface area contributed by atoms with Crippen molar-refractivity contribution in [3.8, 4) is 5.75 Å². The van der Waals surface area contributed by atoms with E-state index in [9.17, 15) is 9.59 Å². The van der Waals surface area contributed by atoms with Crippen molar-refractivity contribution in [3.63, 3.8) is 0 Å². The molecule has 1 unspecified atom stereocenters. The zero-order chi connectivity index (χ0) is 19.3. The van der Waals surface area contributed by atoms with E-state index >= 15 is 0 Å². The van der Waals surface area contributed by atoms with E-state index in [-0.39, 0.29) is 24.5 Å². The summed E-state index contributed by atoms with van der Waals surface area (Å²) in [6, 6.07) is 18.6. The molecule has 1 saturated heterocycles. The SMILES string of the molecule is O=C(NCC(=O)N1CCC(Oc2cccc3cccnc23)C1)c1ccccc1. The van der Waals surface area contributed by atoms with E-state index in [1.807, 2.05) is 36.4 Å². The first-order valence-electron chi connectivity index (χ1n) is 9.32. The Labute approximate surface area is 163 Å². The second-order valence-corrected chi connectivity index (χ2v) is 6.75. The van der Waals surface area contributed by atoms with E-state index in [0.29, 0.717) is 18.7 Å². The van der Waals surface area contributed by atoms with Gasteiger partial charge in [-0.15, -0.1) is 0 Å². The number of nitrogens with zero attached hydrogens (tertiary/aromatic N) is 2. The molecular weight excluding hydrogens is 354 g/mol. The highest BCUT2D eigenvalue weighted by atomic mass is 16.5. The molecular formula is C22H21N3O3. The number of fused-ring (bicyclic) bond motifs is 1. The topological polar surface area (TPSA) is 71.5 Å². The summed E-state index contributed by atoms with van der Waals surface area (Å²) in [5.74, 6) is 0.379. The first kappa shape index (κ1) is 18.0. The summed E-state index contributed by atoms with van der Waals surface area (Å²) in [4.78, 5) is 30.6. The number of aromatic nitrogens is 1. The summed E-state index contributed by atoms with van der Waals surface area (Å²) in [7, 11) is 0. The lowest BCUT2D eigenvalue weighted by molar-refractivity contribution is -0.129. The maximum Gasteiger partial charge on any atom is 0.251 e. The quantitative estimate of drug-likeness (QED) is 0.744. The van der Waals surface area contributed by atoms with Crippen LogP contribution in [0.1, 0.15) is 16.8 Å². The van der Waals surface area contributed by atoms with Crippen LogP contribution < -0.4 is 10.1 Å². The van der Waals surface area contributed by atoms with Crippen LogP contribution in [-0.4, -0.2) is 47.4 Å². The largest absolute Gasteiger partial charge is 0.486 e. The van der Waals surface area contributed by atoms with Crippen LogP contribution in [0.4, 0.5) is 0 Å². The first-order chi connectivity index (χ1) is 13.7. The molecule has 6 nitrogen and oxygen atoms in total. The lowest BCUT2D eigenvalue weighted by Crippen LogP contribution is -2.39. The van der Waals surface area contributed by atoms with E-state index in [1.54, 1.807) is 35.4 Å². The maximum atomic E-state index is 12.4. The highest BCUT2D eigenvalue weighted by Crippen LogP contribution is 2.26. The minimum atomic E-state index is -0.247. The Morgan fingerprint density at radius 3 is 2.75 bits per heavy atom. The molecule has 2 amide bonds. The average Bonchev–Trinajstić information content (AvgIpc) is 3.21. The summed E-state index contributed by atoms with van der Waals surface area (Å²) >= 11 is 0. The predicted octanol–water partition coefficient (Wildman–Crippen LogP) is 2.64. The third kappa shape index (κ3) is 3.96. The van der Waals surface area contributed by atoms with Crippen molar-refractivity contribution in [1.29, 1.82) is 0 Å². The Kier molecular flexibility index (Phi) is 5.19. The van der Waals surface area contributed by atoms with Gasteiger partial charge in [0, 0.05) is 30.1 Å². The van der Waals surface area contributed by atoms with Crippen LogP contribution in [0.25, 0.3) is 10.9 Å². The number of pyridine rings is 1. The Hall–Kier alpha value is -3.41. The van der Waals surface area contributed by atoms with Crippen molar-refractivity contribution in [2.75, 3.05) is 19.6 Å². The van der Waals surface area contributed by atoms with Crippen LogP contribution in [0.5, 0.6) is 5.75 Å². The predicted molar refractivity (Wildman–Crippen MR) is 106 cm³/mol. The highest BCUT2D eigenvalue weighted by molar-refractivity contribution is 5.96. The second-order valence-electron chi connectivity index (χ2n) is 6.75. The van der Waals surface area contributed by atoms with Gasteiger partial charge < -0.3 is 15.0 Å². The van der Waals surface area contributed by atoms with Crippen molar-refractivity contribution in [2.24, 2.45) is 0 Å². The molecule has 6 heteroatoms. The highest BCUT2D eigenvalue weighted by Gasteiger charge is 2.28. The van der Waals surface area contributed by atoms with Gasteiger partial charge >= 0.3 is 0 Å². The maximum absolute atomic E-state index is 12.4. The van der Waals surface area contributed by atoms with Gasteiger partial charge in [-0.25, -0.2) is 0 Å². The van der Waals surface area contributed by atoms with Crippen LogP contribution in [-0.2, 0) is 4.79 Å². The fourth-order valence-electron chi connectivity index (χ4n) is 3.36. The number of rotatable bonds is 5. The number of para-hydroxylation sites is 1. The third-order valence-corrected chi connectivity index (χ3v) is 4.82. The zero-order valence-corrected chi connectivity index (χ0v) is 15.4. The Balaban J connectivity index is 1.32. The molecule has 1 atom stereocenters. The van der Waals surface area contributed by atoms with E-state index < -0.39 is 0 Å². The molecule has 142 valence electrons. The normalized spacial score (nSPS) is 16.1. The molecule has 3 aromatic rings. The number of benzene rings is 2. The number of hydrogen-bond donors (Lipinski definition) is 1. The van der Waals surface area contributed by atoms with Crippen LogP contribution >= 0.6 is 0 Å². The third-order valence-electron chi connectivity index (χ3n) is 4.82. The van der Waals surface area contributed by atoms with Crippen LogP contribution in [0.15, 0.2) is 66.9 Å². The number of carbonyl (C=O) groups is 2. The molecule has 4 rings (SSSR count). The van der Waals surface area contributed by atoms with Crippen LogP contribution in [0.3, 0.4) is 0 Å². The van der Waals surface area contributed by atoms with Gasteiger partial charge in [0.25, 0.3) is 5.91 Å². The number of hydrogen-bond acceptors (Lipinski definition) is 4. The van der Waals surface area contributed by atoms with Gasteiger partial charge in [-0.3, -0.25) is 14.6 Å². The minimum absolute atomic E-state index is 0.0176. The Morgan fingerprint density at radius 1 is 1.07 bits per heavy atom. The van der Waals surface area contributed by atoms with Crippen LogP contribution in [0, 0.1) is 0 Å². The van der Waals surface area contributed by atoms with Gasteiger partial charge in [-0.1, -0.05) is 36.4 Å². The zero-order valence-electron chi connectivity index (χ0n) is 15.4. The van der Waals surface area contributed by atoms with E-state index in [2.05, 4.69) is 10.3 Å². The second kappa shape index (κ2) is 8.08. The molecule has 0 aliphatic carbocycles. The molecule has 2 heterocycles. The van der Waals surface area contributed by atoms with Crippen LogP contribution in [0.2, 0.25) is 0 Å². The molecule has 1 aliphatic rings. The van der Waals surface area contributed by atoms with Gasteiger partial charge in [0.2, 0.25) is 5.91 Å². The molecule has 28 heavy (non-hydrogen) atoms. The smallest absolute Gasteiger partial charge is 0.251 e. The lowest BCUT2D eigenvalue weighted by atomic mass is 10.2. The molecule has 1 N–H and O–H groups in total. The molecule has 1 fully saturated rings. The van der Waals surface area contributed by atoms with Crippen molar-refractivity contribution in [2.45, 2.75) is 12.5 Å². The summed E-state index contributed by atoms with van der Waals surface area (Å²) < 4.78 is 6.12. The van der Waals surface area contributed by atoms with E-state index in [1.165, 1.54) is 0 Å². The van der Waals surface area contributed by atoms with Crippen molar-refractivity contribution < 1.29 is 14.3 Å². The number of nitrogens with one attached hydrogen (secondary N) is 1. The summed E-state index contributed by atoms with van der Waals surface area (Å²) in [6.45, 7) is 1.10. The van der Waals surface area contributed by atoms with Crippen molar-refractivity contribution >= 4 is 22.7 Å². The molecule has 0 radical (unpaired) electrons.